The third-order valence-corrected chi connectivity index (χ3v) is 5.39. The minimum Gasteiger partial charge on any atom is -0.497 e. The maximum absolute atomic E-state index is 10.4. The third-order valence-electron chi connectivity index (χ3n) is 5.39. The lowest BCUT2D eigenvalue weighted by molar-refractivity contribution is 0.168. The van der Waals surface area contributed by atoms with Crippen LogP contribution in [0.4, 0.5) is 0 Å². The van der Waals surface area contributed by atoms with E-state index >= 15 is 0 Å². The summed E-state index contributed by atoms with van der Waals surface area (Å²) in [5.41, 5.74) is 1.95. The number of nitrogens with zero attached hydrogens (tertiary/aromatic N) is 4. The maximum Gasteiger partial charge on any atom is 0.194 e. The van der Waals surface area contributed by atoms with Crippen LogP contribution < -0.4 is 14.8 Å². The Morgan fingerprint density at radius 3 is 2.47 bits per heavy atom. The van der Waals surface area contributed by atoms with Gasteiger partial charge in [-0.25, -0.2) is 0 Å². The van der Waals surface area contributed by atoms with E-state index in [-0.39, 0.29) is 24.0 Å². The second kappa shape index (κ2) is 13.4. The molecule has 1 aromatic heterocycles. The van der Waals surface area contributed by atoms with Crippen LogP contribution in [0.1, 0.15) is 24.2 Å². The highest BCUT2D eigenvalue weighted by atomic mass is 127. The predicted octanol–water partition coefficient (Wildman–Crippen LogP) is 2.53. The summed E-state index contributed by atoms with van der Waals surface area (Å²) in [7, 11) is 3.38. The molecule has 8 nitrogen and oxygen atoms in total. The van der Waals surface area contributed by atoms with Crippen molar-refractivity contribution in [3.63, 3.8) is 0 Å². The van der Waals surface area contributed by atoms with Crippen LogP contribution in [0, 0.1) is 0 Å². The maximum atomic E-state index is 10.4. The first-order chi connectivity index (χ1) is 15.1. The van der Waals surface area contributed by atoms with Gasteiger partial charge in [0.25, 0.3) is 0 Å². The van der Waals surface area contributed by atoms with Gasteiger partial charge in [0.2, 0.25) is 0 Å². The van der Waals surface area contributed by atoms with Crippen molar-refractivity contribution in [3.05, 3.63) is 53.9 Å². The molecule has 0 spiro atoms. The lowest BCUT2D eigenvalue weighted by Crippen LogP contribution is -2.52. The molecule has 2 aromatic rings. The van der Waals surface area contributed by atoms with Crippen molar-refractivity contribution in [2.75, 3.05) is 53.5 Å². The predicted molar refractivity (Wildman–Crippen MR) is 137 cm³/mol. The number of benzene rings is 1. The minimum atomic E-state index is -0.640. The Hall–Kier alpha value is -2.11. The van der Waals surface area contributed by atoms with Gasteiger partial charge in [-0.1, -0.05) is 0 Å². The molecule has 1 aliphatic rings. The monoisotopic (exact) mass is 555 g/mol. The molecule has 176 valence electrons. The topological polar surface area (TPSA) is 82.5 Å². The zero-order chi connectivity index (χ0) is 22.1. The van der Waals surface area contributed by atoms with Crippen LogP contribution >= 0.6 is 24.0 Å². The fourth-order valence-electron chi connectivity index (χ4n) is 3.65. The van der Waals surface area contributed by atoms with Gasteiger partial charge in [0.15, 0.2) is 5.96 Å². The van der Waals surface area contributed by atoms with Crippen LogP contribution in [0.5, 0.6) is 11.5 Å². The molecule has 0 amide bonds. The molecule has 0 radical (unpaired) electrons. The molecule has 2 N–H and O–H groups in total. The molecule has 1 fully saturated rings. The second-order valence-corrected chi connectivity index (χ2v) is 7.43. The van der Waals surface area contributed by atoms with Gasteiger partial charge in [-0.15, -0.1) is 24.0 Å². The molecule has 0 bridgehead atoms. The fraction of sp³-hybridized carbons (Fsp3) is 0.478. The summed E-state index contributed by atoms with van der Waals surface area (Å²) in [6.45, 7) is 7.52. The number of hydrogen-bond donors (Lipinski definition) is 2. The van der Waals surface area contributed by atoms with E-state index in [2.05, 4.69) is 32.0 Å². The number of halogens is 1. The van der Waals surface area contributed by atoms with Crippen LogP contribution in [0.25, 0.3) is 0 Å². The van der Waals surface area contributed by atoms with Crippen molar-refractivity contribution < 1.29 is 14.6 Å². The lowest BCUT2D eigenvalue weighted by Gasteiger charge is -2.36. The summed E-state index contributed by atoms with van der Waals surface area (Å²) in [4.78, 5) is 13.3. The van der Waals surface area contributed by atoms with E-state index in [1.807, 2.05) is 30.3 Å². The molecule has 1 aliphatic heterocycles. The molecule has 1 unspecified atom stereocenters. The molecule has 1 saturated heterocycles. The lowest BCUT2D eigenvalue weighted by atomic mass is 10.1. The molecule has 1 aromatic carbocycles. The molecule has 9 heteroatoms. The first-order valence-electron chi connectivity index (χ1n) is 10.7. The van der Waals surface area contributed by atoms with Crippen molar-refractivity contribution in [2.45, 2.75) is 19.6 Å². The molecule has 2 heterocycles. The van der Waals surface area contributed by atoms with Crippen LogP contribution in [0.15, 0.2) is 47.7 Å². The molecule has 3 rings (SSSR count). The molecule has 0 saturated carbocycles. The highest BCUT2D eigenvalue weighted by molar-refractivity contribution is 14.0. The zero-order valence-corrected chi connectivity index (χ0v) is 21.4. The van der Waals surface area contributed by atoms with E-state index in [9.17, 15) is 5.11 Å². The SMILES string of the molecule is CCNC(=NCC(O)c1ccncc1)N1CCN(Cc2cc(OC)ccc2OC)CC1.I. The minimum absolute atomic E-state index is 0. The van der Waals surface area contributed by atoms with E-state index in [1.54, 1.807) is 26.6 Å². The van der Waals surface area contributed by atoms with E-state index in [0.29, 0.717) is 6.54 Å². The Morgan fingerprint density at radius 2 is 1.84 bits per heavy atom. The Kier molecular flexibility index (Phi) is 11.0. The number of nitrogens with one attached hydrogen (secondary N) is 1. The number of ether oxygens (including phenoxy) is 2. The van der Waals surface area contributed by atoms with Gasteiger partial charge in [-0.05, 0) is 42.8 Å². The Labute approximate surface area is 207 Å². The Bertz CT molecular complexity index is 845. The van der Waals surface area contributed by atoms with Crippen molar-refractivity contribution >= 4 is 29.9 Å². The largest absolute Gasteiger partial charge is 0.497 e. The summed E-state index contributed by atoms with van der Waals surface area (Å²) >= 11 is 0. The highest BCUT2D eigenvalue weighted by Gasteiger charge is 2.21. The second-order valence-electron chi connectivity index (χ2n) is 7.43. The summed E-state index contributed by atoms with van der Waals surface area (Å²) in [6.07, 6.45) is 2.73. The molecular weight excluding hydrogens is 521 g/mol. The smallest absolute Gasteiger partial charge is 0.194 e. The third kappa shape index (κ3) is 7.21. The van der Waals surface area contributed by atoms with Crippen molar-refractivity contribution in [3.8, 4) is 11.5 Å². The molecule has 0 aliphatic carbocycles. The number of aromatic nitrogens is 1. The number of aliphatic hydroxyl groups excluding tert-OH is 1. The number of guanidine groups is 1. The molecule has 1 atom stereocenters. The number of aliphatic hydroxyl groups is 1. The quantitative estimate of drug-likeness (QED) is 0.295. The number of piperazine rings is 1. The molecule has 32 heavy (non-hydrogen) atoms. The summed E-state index contributed by atoms with van der Waals surface area (Å²) in [6, 6.07) is 9.54. The number of methoxy groups -OCH3 is 2. The van der Waals surface area contributed by atoms with Gasteiger partial charge in [0.1, 0.15) is 11.5 Å². The normalized spacial score (nSPS) is 15.6. The molecular formula is C23H34IN5O3. The van der Waals surface area contributed by atoms with Gasteiger partial charge in [0.05, 0.1) is 26.9 Å². The number of pyridine rings is 1. The summed E-state index contributed by atoms with van der Waals surface area (Å²) in [5.74, 6) is 2.56. The standard InChI is InChI=1S/C23H33N5O3.HI/c1-4-25-23(26-16-21(29)18-7-9-24-10-8-18)28-13-11-27(12-14-28)17-19-15-20(30-2)5-6-22(19)31-3;/h5-10,15,21,29H,4,11-14,16-17H2,1-3H3,(H,25,26);1H. The summed E-state index contributed by atoms with van der Waals surface area (Å²) < 4.78 is 10.9. The van der Waals surface area contributed by atoms with Crippen LogP contribution in [0.3, 0.4) is 0 Å². The van der Waals surface area contributed by atoms with E-state index in [4.69, 9.17) is 9.47 Å². The van der Waals surface area contributed by atoms with Crippen molar-refractivity contribution in [1.29, 1.82) is 0 Å². The number of hydrogen-bond acceptors (Lipinski definition) is 6. The van der Waals surface area contributed by atoms with E-state index < -0.39 is 6.10 Å². The van der Waals surface area contributed by atoms with Crippen LogP contribution in [-0.4, -0.2) is 79.3 Å². The van der Waals surface area contributed by atoms with Gasteiger partial charge in [-0.3, -0.25) is 14.9 Å². The number of aliphatic imine (C=N–C) groups is 1. The van der Waals surface area contributed by atoms with Gasteiger partial charge in [0, 0.05) is 57.2 Å². The van der Waals surface area contributed by atoms with Crippen molar-refractivity contribution in [1.82, 2.24) is 20.1 Å². The van der Waals surface area contributed by atoms with Crippen LogP contribution in [-0.2, 0) is 6.54 Å². The Morgan fingerprint density at radius 1 is 1.12 bits per heavy atom. The average Bonchev–Trinajstić information content (AvgIpc) is 2.82. The van der Waals surface area contributed by atoms with Crippen LogP contribution in [0.2, 0.25) is 0 Å². The Balaban J connectivity index is 0.00000363. The highest BCUT2D eigenvalue weighted by Crippen LogP contribution is 2.25. The fourth-order valence-corrected chi connectivity index (χ4v) is 3.65. The first kappa shape index (κ1) is 26.1. The van der Waals surface area contributed by atoms with Gasteiger partial charge in [-0.2, -0.15) is 0 Å². The van der Waals surface area contributed by atoms with E-state index in [0.717, 1.165) is 67.9 Å². The average molecular weight is 555 g/mol. The van der Waals surface area contributed by atoms with Gasteiger partial charge >= 0.3 is 0 Å². The summed E-state index contributed by atoms with van der Waals surface area (Å²) in [5, 5.41) is 13.8. The van der Waals surface area contributed by atoms with E-state index in [1.165, 1.54) is 0 Å². The van der Waals surface area contributed by atoms with Crippen molar-refractivity contribution in [2.24, 2.45) is 4.99 Å². The first-order valence-corrected chi connectivity index (χ1v) is 10.7. The zero-order valence-electron chi connectivity index (χ0n) is 19.0. The van der Waals surface area contributed by atoms with Gasteiger partial charge < -0.3 is 24.8 Å². The number of rotatable bonds is 8.